The summed E-state index contributed by atoms with van der Waals surface area (Å²) in [5.41, 5.74) is 0.670. The molecule has 0 aliphatic heterocycles. The molecule has 1 rings (SSSR count). The summed E-state index contributed by atoms with van der Waals surface area (Å²) in [4.78, 5) is 35.3. The summed E-state index contributed by atoms with van der Waals surface area (Å²) < 4.78 is 4.86. The number of ether oxygens (including phenoxy) is 1. The van der Waals surface area contributed by atoms with Gasteiger partial charge in [-0.2, -0.15) is 0 Å². The van der Waals surface area contributed by atoms with Crippen molar-refractivity contribution in [3.63, 3.8) is 0 Å². The molecule has 0 saturated carbocycles. The molecular weight excluding hydrogens is 270 g/mol. The molecule has 0 spiro atoms. The van der Waals surface area contributed by atoms with E-state index in [4.69, 9.17) is 4.74 Å². The van der Waals surface area contributed by atoms with Gasteiger partial charge in [-0.1, -0.05) is 43.0 Å². The first-order valence-corrected chi connectivity index (χ1v) is 6.57. The average Bonchev–Trinajstić information content (AvgIpc) is 2.44. The molecule has 1 N–H and O–H groups in total. The van der Waals surface area contributed by atoms with E-state index in [0.717, 1.165) is 0 Å². The van der Waals surface area contributed by atoms with Crippen LogP contribution in [-0.4, -0.2) is 24.3 Å². The number of rotatable bonds is 7. The summed E-state index contributed by atoms with van der Waals surface area (Å²) in [5, 5.41) is 2.58. The predicted octanol–water partition coefficient (Wildman–Crippen LogP) is 2.43. The van der Waals surface area contributed by atoms with Crippen molar-refractivity contribution in [1.82, 2.24) is 5.32 Å². The third-order valence-corrected chi connectivity index (χ3v) is 2.97. The van der Waals surface area contributed by atoms with Gasteiger partial charge in [-0.25, -0.2) is 4.79 Å². The van der Waals surface area contributed by atoms with Crippen LogP contribution < -0.4 is 5.32 Å². The Hall–Kier alpha value is -2.43. The van der Waals surface area contributed by atoms with E-state index in [1.54, 1.807) is 24.3 Å². The Balaban J connectivity index is 3.05. The lowest BCUT2D eigenvalue weighted by molar-refractivity contribution is -0.131. The second kappa shape index (κ2) is 7.99. The normalized spacial score (nSPS) is 11.6. The van der Waals surface area contributed by atoms with Gasteiger partial charge in [0.2, 0.25) is 0 Å². The van der Waals surface area contributed by atoms with Crippen molar-refractivity contribution in [3.8, 4) is 0 Å². The molecule has 0 aliphatic rings. The number of hydrogen-bond donors (Lipinski definition) is 1. The monoisotopic (exact) mass is 289 g/mol. The van der Waals surface area contributed by atoms with Crippen molar-refractivity contribution < 1.29 is 19.1 Å². The molecule has 0 aromatic heterocycles. The Bertz CT molecular complexity index is 510. The number of carbonyl (C=O) groups excluding carboxylic acids is 3. The van der Waals surface area contributed by atoms with Gasteiger partial charge in [-0.15, -0.1) is 0 Å². The van der Waals surface area contributed by atoms with Gasteiger partial charge in [0.25, 0.3) is 0 Å². The topological polar surface area (TPSA) is 72.5 Å². The number of carbonyl (C=O) groups is 3. The second-order valence-corrected chi connectivity index (χ2v) is 4.62. The fraction of sp³-hybridized carbons (Fsp3) is 0.312. The van der Waals surface area contributed by atoms with Crippen LogP contribution in [0.4, 0.5) is 4.79 Å². The lowest BCUT2D eigenvalue weighted by Crippen LogP contribution is -2.39. The molecule has 112 valence electrons. The molecule has 1 amide bonds. The van der Waals surface area contributed by atoms with E-state index in [1.165, 1.54) is 19.9 Å². The van der Waals surface area contributed by atoms with Crippen molar-refractivity contribution in [2.45, 2.75) is 19.9 Å². The standard InChI is InChI=1S/C16H19NO4/c1-4-10-21-16(20)17-15(13-8-6-5-7-9-13)14(11(2)18)12(3)19/h4-9,14-15H,1,10H2,2-3H3,(H,17,20). The van der Waals surface area contributed by atoms with Crippen molar-refractivity contribution >= 4 is 17.7 Å². The highest BCUT2D eigenvalue weighted by molar-refractivity contribution is 6.01. The van der Waals surface area contributed by atoms with Gasteiger partial charge in [-0.3, -0.25) is 9.59 Å². The molecule has 0 heterocycles. The Morgan fingerprint density at radius 3 is 2.24 bits per heavy atom. The Kier molecular flexibility index (Phi) is 6.33. The van der Waals surface area contributed by atoms with Gasteiger partial charge >= 0.3 is 6.09 Å². The van der Waals surface area contributed by atoms with Crippen molar-refractivity contribution in [2.24, 2.45) is 5.92 Å². The van der Waals surface area contributed by atoms with Crippen LogP contribution in [-0.2, 0) is 14.3 Å². The molecule has 0 fully saturated rings. The van der Waals surface area contributed by atoms with Crippen LogP contribution in [0.25, 0.3) is 0 Å². The average molecular weight is 289 g/mol. The summed E-state index contributed by atoms with van der Waals surface area (Å²) in [5.74, 6) is -1.55. The molecular formula is C16H19NO4. The minimum absolute atomic E-state index is 0.0537. The SMILES string of the molecule is C=CCOC(=O)NC(c1ccccc1)C(C(C)=O)C(C)=O. The van der Waals surface area contributed by atoms with Gasteiger partial charge in [0, 0.05) is 0 Å². The zero-order valence-electron chi connectivity index (χ0n) is 12.2. The maximum Gasteiger partial charge on any atom is 0.407 e. The van der Waals surface area contributed by atoms with Gasteiger partial charge in [-0.05, 0) is 19.4 Å². The summed E-state index contributed by atoms with van der Waals surface area (Å²) in [7, 11) is 0. The number of alkyl carbamates (subject to hydrolysis) is 1. The first-order chi connectivity index (χ1) is 9.97. The number of ketones is 2. The fourth-order valence-corrected chi connectivity index (χ4v) is 2.08. The number of hydrogen-bond acceptors (Lipinski definition) is 4. The first kappa shape index (κ1) is 16.6. The van der Waals surface area contributed by atoms with Crippen LogP contribution >= 0.6 is 0 Å². The van der Waals surface area contributed by atoms with E-state index in [0.29, 0.717) is 5.56 Å². The Morgan fingerprint density at radius 2 is 1.76 bits per heavy atom. The summed E-state index contributed by atoms with van der Waals surface area (Å²) >= 11 is 0. The van der Waals surface area contributed by atoms with Crippen LogP contribution in [0.2, 0.25) is 0 Å². The molecule has 0 aliphatic carbocycles. The highest BCUT2D eigenvalue weighted by Crippen LogP contribution is 2.24. The highest BCUT2D eigenvalue weighted by atomic mass is 16.5. The lowest BCUT2D eigenvalue weighted by atomic mass is 9.87. The summed E-state index contributed by atoms with van der Waals surface area (Å²) in [6, 6.07) is 8.10. The smallest absolute Gasteiger partial charge is 0.407 e. The first-order valence-electron chi connectivity index (χ1n) is 6.57. The van der Waals surface area contributed by atoms with E-state index in [9.17, 15) is 14.4 Å². The number of nitrogens with one attached hydrogen (secondary N) is 1. The van der Waals surface area contributed by atoms with Crippen molar-refractivity contribution in [1.29, 1.82) is 0 Å². The van der Waals surface area contributed by atoms with Crippen LogP contribution in [0, 0.1) is 5.92 Å². The second-order valence-electron chi connectivity index (χ2n) is 4.62. The van der Waals surface area contributed by atoms with Crippen LogP contribution in [0.15, 0.2) is 43.0 Å². The van der Waals surface area contributed by atoms with Crippen molar-refractivity contribution in [2.75, 3.05) is 6.61 Å². The minimum atomic E-state index is -0.941. The Morgan fingerprint density at radius 1 is 1.19 bits per heavy atom. The van der Waals surface area contributed by atoms with Crippen LogP contribution in [0.3, 0.4) is 0 Å². The third kappa shape index (κ3) is 4.87. The maximum atomic E-state index is 11.8. The van der Waals surface area contributed by atoms with E-state index < -0.39 is 18.1 Å². The van der Waals surface area contributed by atoms with E-state index in [2.05, 4.69) is 11.9 Å². The molecule has 5 heteroatoms. The van der Waals surface area contributed by atoms with Crippen molar-refractivity contribution in [3.05, 3.63) is 48.6 Å². The zero-order valence-corrected chi connectivity index (χ0v) is 12.2. The molecule has 1 atom stereocenters. The van der Waals surface area contributed by atoms with Crippen LogP contribution in [0.5, 0.6) is 0 Å². The predicted molar refractivity (Wildman–Crippen MR) is 78.7 cm³/mol. The van der Waals surface area contributed by atoms with Crippen LogP contribution in [0.1, 0.15) is 25.5 Å². The van der Waals surface area contributed by atoms with Gasteiger partial charge in [0.05, 0.1) is 6.04 Å². The quantitative estimate of drug-likeness (QED) is 0.618. The molecule has 0 bridgehead atoms. The number of Topliss-reactive ketones (excluding diaryl/α,β-unsaturated/α-hetero) is 2. The van der Waals surface area contributed by atoms with Gasteiger partial charge in [0.1, 0.15) is 24.1 Å². The molecule has 1 aromatic rings. The van der Waals surface area contributed by atoms with E-state index in [1.807, 2.05) is 6.07 Å². The number of benzene rings is 1. The Labute approximate surface area is 124 Å². The third-order valence-electron chi connectivity index (χ3n) is 2.97. The number of amides is 1. The highest BCUT2D eigenvalue weighted by Gasteiger charge is 2.32. The zero-order chi connectivity index (χ0) is 15.8. The lowest BCUT2D eigenvalue weighted by Gasteiger charge is -2.24. The van der Waals surface area contributed by atoms with E-state index in [-0.39, 0.29) is 18.2 Å². The maximum absolute atomic E-state index is 11.8. The molecule has 1 unspecified atom stereocenters. The molecule has 5 nitrogen and oxygen atoms in total. The molecule has 21 heavy (non-hydrogen) atoms. The molecule has 0 radical (unpaired) electrons. The minimum Gasteiger partial charge on any atom is -0.445 e. The largest absolute Gasteiger partial charge is 0.445 e. The molecule has 1 aromatic carbocycles. The molecule has 0 saturated heterocycles. The summed E-state index contributed by atoms with van der Waals surface area (Å²) in [6.45, 7) is 6.17. The fourth-order valence-electron chi connectivity index (χ4n) is 2.08. The van der Waals surface area contributed by atoms with Gasteiger partial charge < -0.3 is 10.1 Å². The van der Waals surface area contributed by atoms with Gasteiger partial charge in [0.15, 0.2) is 0 Å². The van der Waals surface area contributed by atoms with E-state index >= 15 is 0 Å². The summed E-state index contributed by atoms with van der Waals surface area (Å²) in [6.07, 6.45) is 0.737.